The molecule has 8 heteroatoms. The van der Waals surface area contributed by atoms with Crippen molar-refractivity contribution in [3.63, 3.8) is 0 Å². The van der Waals surface area contributed by atoms with E-state index in [1.54, 1.807) is 12.1 Å². The van der Waals surface area contributed by atoms with Crippen LogP contribution in [0.4, 0.5) is 17.2 Å². The molecular weight excluding hydrogens is 372 g/mol. The second kappa shape index (κ2) is 6.16. The average Bonchev–Trinajstić information content (AvgIpc) is 2.72. The number of rotatable bonds is 2. The molecule has 0 fully saturated rings. The minimum absolute atomic E-state index is 0.0311. The van der Waals surface area contributed by atoms with Crippen LogP contribution in [0.25, 0.3) is 10.8 Å². The summed E-state index contributed by atoms with van der Waals surface area (Å²) in [5.74, 6) is -0.182. The summed E-state index contributed by atoms with van der Waals surface area (Å²) in [6.45, 7) is 0. The van der Waals surface area contributed by atoms with Gasteiger partial charge in [-0.05, 0) is 28.0 Å². The van der Waals surface area contributed by atoms with Crippen molar-refractivity contribution in [1.29, 1.82) is 0 Å². The molecule has 0 spiro atoms. The van der Waals surface area contributed by atoms with E-state index >= 15 is 0 Å². The molecule has 2 heterocycles. The Morgan fingerprint density at radius 1 is 0.862 bits per heavy atom. The predicted octanol–water partition coefficient (Wildman–Crippen LogP) is 3.36. The molecule has 4 aromatic rings. The lowest BCUT2D eigenvalue weighted by Crippen LogP contribution is -2.31. The molecule has 1 aliphatic rings. The zero-order valence-corrected chi connectivity index (χ0v) is 14.9. The van der Waals surface area contributed by atoms with Gasteiger partial charge in [-0.25, -0.2) is 4.79 Å². The number of nitro benzene ring substituents is 1. The Labute approximate surface area is 163 Å². The minimum atomic E-state index is -0.604. The van der Waals surface area contributed by atoms with Crippen LogP contribution in [0.1, 0.15) is 22.6 Å². The summed E-state index contributed by atoms with van der Waals surface area (Å²) in [6.07, 6.45) is 0. The van der Waals surface area contributed by atoms with Gasteiger partial charge in [0.1, 0.15) is 5.82 Å². The molecule has 0 amide bonds. The van der Waals surface area contributed by atoms with Gasteiger partial charge in [-0.15, -0.1) is 0 Å². The van der Waals surface area contributed by atoms with Crippen LogP contribution in [0.5, 0.6) is 0 Å². The number of non-ortho nitro benzene ring substituents is 1. The first kappa shape index (κ1) is 16.9. The third-order valence-corrected chi connectivity index (χ3v) is 5.22. The molecule has 5 rings (SSSR count). The van der Waals surface area contributed by atoms with Crippen LogP contribution in [0.2, 0.25) is 0 Å². The van der Waals surface area contributed by atoms with Gasteiger partial charge in [-0.2, -0.15) is 0 Å². The Morgan fingerprint density at radius 2 is 1.62 bits per heavy atom. The van der Waals surface area contributed by atoms with E-state index in [1.807, 2.05) is 36.4 Å². The fourth-order valence-electron chi connectivity index (χ4n) is 3.99. The highest BCUT2D eigenvalue weighted by molar-refractivity contribution is 5.94. The summed E-state index contributed by atoms with van der Waals surface area (Å²) in [4.78, 5) is 40.1. The fraction of sp³-hybridized carbons (Fsp3) is 0.0476. The van der Waals surface area contributed by atoms with E-state index in [2.05, 4.69) is 15.3 Å². The van der Waals surface area contributed by atoms with Crippen LogP contribution in [0.3, 0.4) is 0 Å². The van der Waals surface area contributed by atoms with Gasteiger partial charge in [-0.3, -0.25) is 24.9 Å². The summed E-state index contributed by atoms with van der Waals surface area (Å²) in [7, 11) is 0. The molecule has 1 aromatic heterocycles. The van der Waals surface area contributed by atoms with Crippen molar-refractivity contribution in [2.24, 2.45) is 0 Å². The van der Waals surface area contributed by atoms with Gasteiger partial charge in [0.2, 0.25) is 0 Å². The topological polar surface area (TPSA) is 121 Å². The van der Waals surface area contributed by atoms with Crippen molar-refractivity contribution < 1.29 is 4.92 Å². The number of hydrogen-bond acceptors (Lipinski definition) is 5. The van der Waals surface area contributed by atoms with Gasteiger partial charge < -0.3 is 5.32 Å². The predicted molar refractivity (Wildman–Crippen MR) is 109 cm³/mol. The molecule has 8 nitrogen and oxygen atoms in total. The normalized spacial score (nSPS) is 14.7. The first-order chi connectivity index (χ1) is 14.0. The van der Waals surface area contributed by atoms with Crippen LogP contribution in [-0.2, 0) is 0 Å². The Balaban J connectivity index is 1.85. The molecule has 0 saturated carbocycles. The van der Waals surface area contributed by atoms with E-state index in [1.165, 1.54) is 12.1 Å². The van der Waals surface area contributed by atoms with Gasteiger partial charge in [0.05, 0.1) is 10.5 Å². The van der Waals surface area contributed by atoms with Crippen LogP contribution in [-0.4, -0.2) is 14.9 Å². The highest BCUT2D eigenvalue weighted by Crippen LogP contribution is 2.45. The Bertz CT molecular complexity index is 1400. The summed E-state index contributed by atoms with van der Waals surface area (Å²) >= 11 is 0. The van der Waals surface area contributed by atoms with E-state index in [9.17, 15) is 19.7 Å². The largest absolute Gasteiger partial charge is 0.341 e. The maximum absolute atomic E-state index is 12.8. The number of nitrogens with zero attached hydrogens (tertiary/aromatic N) is 1. The maximum Gasteiger partial charge on any atom is 0.327 e. The number of benzene rings is 3. The van der Waals surface area contributed by atoms with Crippen LogP contribution in [0, 0.1) is 10.1 Å². The molecule has 3 N–H and O–H groups in total. The standard InChI is InChI=1S/C21H14N4O4/c26-20-18-16(12-5-8-13(9-6-12)25(28)29)17-14-4-2-1-3-11(14)7-10-15(17)22-19(18)23-21(27)24-20/h1-10,16H,(H3,22,23,24,26,27)/t16-/m0/s1. The number of aromatic amines is 2. The lowest BCUT2D eigenvalue weighted by Gasteiger charge is -2.29. The van der Waals surface area contributed by atoms with Crippen molar-refractivity contribution in [2.45, 2.75) is 5.92 Å². The van der Waals surface area contributed by atoms with Crippen molar-refractivity contribution in [3.8, 4) is 0 Å². The Kier molecular flexibility index (Phi) is 3.60. The second-order valence-electron chi connectivity index (χ2n) is 6.85. The molecule has 1 aliphatic heterocycles. The van der Waals surface area contributed by atoms with Crippen LogP contribution in [0.15, 0.2) is 70.3 Å². The molecular formula is C21H14N4O4. The molecule has 3 aromatic carbocycles. The molecule has 29 heavy (non-hydrogen) atoms. The second-order valence-corrected chi connectivity index (χ2v) is 6.85. The molecule has 0 bridgehead atoms. The average molecular weight is 386 g/mol. The molecule has 142 valence electrons. The van der Waals surface area contributed by atoms with Crippen LogP contribution >= 0.6 is 0 Å². The summed E-state index contributed by atoms with van der Waals surface area (Å²) in [5.41, 5.74) is 1.58. The first-order valence-electron chi connectivity index (χ1n) is 8.92. The smallest absolute Gasteiger partial charge is 0.327 e. The highest BCUT2D eigenvalue weighted by atomic mass is 16.6. The van der Waals surface area contributed by atoms with Crippen molar-refractivity contribution >= 4 is 28.0 Å². The maximum atomic E-state index is 12.8. The van der Waals surface area contributed by atoms with E-state index in [4.69, 9.17) is 0 Å². The number of H-pyrrole nitrogens is 2. The van der Waals surface area contributed by atoms with Gasteiger partial charge >= 0.3 is 5.69 Å². The zero-order chi connectivity index (χ0) is 20.1. The van der Waals surface area contributed by atoms with Gasteiger partial charge in [0, 0.05) is 23.7 Å². The Morgan fingerprint density at radius 3 is 2.38 bits per heavy atom. The number of nitrogens with one attached hydrogen (secondary N) is 3. The fourth-order valence-corrected chi connectivity index (χ4v) is 3.99. The summed E-state index contributed by atoms with van der Waals surface area (Å²) in [6, 6.07) is 17.8. The SMILES string of the molecule is O=c1[nH]c2c(c(=O)[nH]1)[C@@H](c1ccc([N+](=O)[O-])cc1)c1c(ccc3ccccc13)N2. The molecule has 0 saturated heterocycles. The van der Waals surface area contributed by atoms with E-state index in [0.717, 1.165) is 22.0 Å². The molecule has 0 aliphatic carbocycles. The lowest BCUT2D eigenvalue weighted by atomic mass is 9.80. The number of fused-ring (bicyclic) bond motifs is 4. The monoisotopic (exact) mass is 386 g/mol. The van der Waals surface area contributed by atoms with Gasteiger partial charge in [0.25, 0.3) is 11.2 Å². The quantitative estimate of drug-likeness (QED) is 0.317. The van der Waals surface area contributed by atoms with Crippen molar-refractivity contribution in [3.05, 3.63) is 108 Å². The number of hydrogen-bond donors (Lipinski definition) is 3. The first-order valence-corrected chi connectivity index (χ1v) is 8.92. The third kappa shape index (κ3) is 2.61. The zero-order valence-electron chi connectivity index (χ0n) is 14.9. The van der Waals surface area contributed by atoms with E-state index < -0.39 is 22.1 Å². The molecule has 0 unspecified atom stereocenters. The number of aromatic nitrogens is 2. The summed E-state index contributed by atoms with van der Waals surface area (Å²) < 4.78 is 0. The van der Waals surface area contributed by atoms with Gasteiger partial charge in [-0.1, -0.05) is 42.5 Å². The highest BCUT2D eigenvalue weighted by Gasteiger charge is 2.32. The van der Waals surface area contributed by atoms with E-state index in [0.29, 0.717) is 16.9 Å². The molecule has 1 atom stereocenters. The van der Waals surface area contributed by atoms with Crippen molar-refractivity contribution in [1.82, 2.24) is 9.97 Å². The van der Waals surface area contributed by atoms with E-state index in [-0.39, 0.29) is 5.69 Å². The summed E-state index contributed by atoms with van der Waals surface area (Å²) in [5, 5.41) is 16.2. The third-order valence-electron chi connectivity index (χ3n) is 5.22. The van der Waals surface area contributed by atoms with Crippen molar-refractivity contribution in [2.75, 3.05) is 5.32 Å². The van der Waals surface area contributed by atoms with Crippen LogP contribution < -0.4 is 16.6 Å². The lowest BCUT2D eigenvalue weighted by molar-refractivity contribution is -0.384. The minimum Gasteiger partial charge on any atom is -0.341 e. The molecule has 0 radical (unpaired) electrons. The number of nitro groups is 1. The Hall–Kier alpha value is -4.20. The number of anilines is 2. The van der Waals surface area contributed by atoms with Gasteiger partial charge in [0.15, 0.2) is 0 Å².